The number of fused-ring (bicyclic) bond motifs is 3. The van der Waals surface area contributed by atoms with E-state index in [-0.39, 0.29) is 80.9 Å². The van der Waals surface area contributed by atoms with Crippen LogP contribution in [0.15, 0.2) is 11.3 Å². The topological polar surface area (TPSA) is 80.7 Å². The van der Waals surface area contributed by atoms with Gasteiger partial charge in [-0.1, -0.05) is 13.3 Å². The van der Waals surface area contributed by atoms with E-state index >= 15 is 0 Å². The van der Waals surface area contributed by atoms with Gasteiger partial charge >= 0.3 is 51.4 Å². The summed E-state index contributed by atoms with van der Waals surface area (Å²) in [4.78, 5) is 24.8. The van der Waals surface area contributed by atoms with Gasteiger partial charge < -0.3 is 19.9 Å². The van der Waals surface area contributed by atoms with Crippen LogP contribution in [-0.4, -0.2) is 34.0 Å². The maximum absolute atomic E-state index is 12.1. The zero-order valence-electron chi connectivity index (χ0n) is 12.1. The minimum atomic E-state index is -1.26. The number of aliphatic hydroxyl groups excluding tert-OH is 1. The van der Waals surface area contributed by atoms with Crippen molar-refractivity contribution in [2.45, 2.75) is 45.3 Å². The molecule has 0 bridgehead atoms. The van der Waals surface area contributed by atoms with Gasteiger partial charge in [0.1, 0.15) is 0 Å². The molecule has 0 aromatic rings. The molecule has 1 saturated heterocycles. The van der Waals surface area contributed by atoms with Crippen LogP contribution in [-0.2, 0) is 9.59 Å². The summed E-state index contributed by atoms with van der Waals surface area (Å²) in [5, 5.41) is 21.1. The van der Waals surface area contributed by atoms with Crippen LogP contribution in [0.4, 0.5) is 0 Å². The van der Waals surface area contributed by atoms with Gasteiger partial charge in [-0.05, 0) is 31.3 Å². The molecule has 5 atom stereocenters. The number of carbonyl (C=O) groups excluding carboxylic acids is 2. The van der Waals surface area contributed by atoms with E-state index in [1.165, 1.54) is 4.90 Å². The molecular weight excluding hydrogens is 285 g/mol. The fourth-order valence-electron chi connectivity index (χ4n) is 4.15. The Hall–Kier alpha value is 0.276. The van der Waals surface area contributed by atoms with Crippen molar-refractivity contribution in [1.82, 2.24) is 4.90 Å². The summed E-state index contributed by atoms with van der Waals surface area (Å²) in [7, 11) is 0. The van der Waals surface area contributed by atoms with Crippen molar-refractivity contribution in [3.63, 3.8) is 0 Å². The fourth-order valence-corrected chi connectivity index (χ4v) is 4.15. The van der Waals surface area contributed by atoms with Crippen LogP contribution in [0.2, 0.25) is 0 Å². The van der Waals surface area contributed by atoms with Gasteiger partial charge in [0, 0.05) is 5.92 Å². The maximum atomic E-state index is 12.1. The summed E-state index contributed by atoms with van der Waals surface area (Å²) >= 11 is 0. The van der Waals surface area contributed by atoms with E-state index in [1.807, 2.05) is 6.92 Å². The zero-order chi connectivity index (χ0) is 13.9. The second kappa shape index (κ2) is 5.81. The van der Waals surface area contributed by atoms with Gasteiger partial charge in [0.15, 0.2) is 0 Å². The average molecular weight is 303 g/mol. The maximum Gasteiger partial charge on any atom is 1.00 e. The summed E-state index contributed by atoms with van der Waals surface area (Å²) in [5.74, 6) is -1.71. The molecule has 2 aliphatic heterocycles. The standard InChI is InChI=1S/C14H19NO4.K/c1-6-4-3-5-8-9(6)12(14(18)19)15-11(8)10(7(2)16)13(15)17;/h6-8,10-11,16H,3-5H2,1-2H3,(H,18,19);/q;+1/p-1. The third-order valence-electron chi connectivity index (χ3n) is 4.91. The predicted molar refractivity (Wildman–Crippen MR) is 64.3 cm³/mol. The number of aliphatic carboxylic acids is 1. The number of aliphatic hydroxyl groups is 1. The van der Waals surface area contributed by atoms with Gasteiger partial charge in [-0.25, -0.2) is 0 Å². The van der Waals surface area contributed by atoms with Gasteiger partial charge in [0.2, 0.25) is 5.91 Å². The first kappa shape index (κ1) is 16.6. The molecule has 6 heteroatoms. The second-order valence-corrected chi connectivity index (χ2v) is 6.00. The molecule has 1 amide bonds. The largest absolute Gasteiger partial charge is 1.00 e. The molecule has 0 aromatic heterocycles. The monoisotopic (exact) mass is 303 g/mol. The van der Waals surface area contributed by atoms with Crippen molar-refractivity contribution in [2.24, 2.45) is 17.8 Å². The van der Waals surface area contributed by atoms with Crippen LogP contribution in [0.25, 0.3) is 0 Å². The fraction of sp³-hybridized carbons (Fsp3) is 0.714. The van der Waals surface area contributed by atoms with Crippen molar-refractivity contribution in [2.75, 3.05) is 0 Å². The summed E-state index contributed by atoms with van der Waals surface area (Å²) in [6.45, 7) is 3.61. The number of carboxylic acid groups (broad SMARTS) is 1. The number of β-lactam (4-membered cyclic amide) rings is 1. The number of carbonyl (C=O) groups is 2. The molecule has 5 unspecified atom stereocenters. The Balaban J connectivity index is 0.00000147. The van der Waals surface area contributed by atoms with Crippen LogP contribution in [0.3, 0.4) is 0 Å². The molecule has 0 aromatic carbocycles. The Bertz CT molecular complexity index is 488. The van der Waals surface area contributed by atoms with Crippen LogP contribution in [0.1, 0.15) is 33.1 Å². The smallest absolute Gasteiger partial charge is 0.543 e. The van der Waals surface area contributed by atoms with Crippen LogP contribution in [0, 0.1) is 17.8 Å². The predicted octanol–water partition coefficient (Wildman–Crippen LogP) is -3.35. The molecule has 2 fully saturated rings. The molecule has 1 N–H and O–H groups in total. The van der Waals surface area contributed by atoms with Gasteiger partial charge in [-0.2, -0.15) is 0 Å². The van der Waals surface area contributed by atoms with Gasteiger partial charge in [-0.15, -0.1) is 0 Å². The molecule has 0 spiro atoms. The number of amides is 1. The zero-order valence-corrected chi connectivity index (χ0v) is 15.3. The number of hydrogen-bond donors (Lipinski definition) is 1. The van der Waals surface area contributed by atoms with Crippen molar-refractivity contribution >= 4 is 11.9 Å². The molecule has 3 aliphatic rings. The van der Waals surface area contributed by atoms with E-state index in [0.717, 1.165) is 24.8 Å². The molecule has 1 saturated carbocycles. The second-order valence-electron chi connectivity index (χ2n) is 6.00. The molecule has 3 rings (SSSR count). The molecular formula is C14H18KNO4. The minimum Gasteiger partial charge on any atom is -0.543 e. The van der Waals surface area contributed by atoms with Gasteiger partial charge in [-0.3, -0.25) is 4.79 Å². The summed E-state index contributed by atoms with van der Waals surface area (Å²) in [6, 6.07) is -0.168. The van der Waals surface area contributed by atoms with E-state index in [4.69, 9.17) is 0 Å². The summed E-state index contributed by atoms with van der Waals surface area (Å²) < 4.78 is 0. The Morgan fingerprint density at radius 3 is 2.65 bits per heavy atom. The van der Waals surface area contributed by atoms with Crippen LogP contribution >= 0.6 is 0 Å². The molecule has 2 heterocycles. The number of nitrogens with zero attached hydrogens (tertiary/aromatic N) is 1. The molecule has 20 heavy (non-hydrogen) atoms. The molecule has 1 aliphatic carbocycles. The van der Waals surface area contributed by atoms with Gasteiger partial charge in [0.25, 0.3) is 0 Å². The van der Waals surface area contributed by atoms with Crippen LogP contribution in [0.5, 0.6) is 0 Å². The van der Waals surface area contributed by atoms with E-state index in [0.29, 0.717) is 0 Å². The van der Waals surface area contributed by atoms with Crippen molar-refractivity contribution in [3.8, 4) is 0 Å². The van der Waals surface area contributed by atoms with E-state index < -0.39 is 18.0 Å². The first-order chi connectivity index (χ1) is 8.95. The van der Waals surface area contributed by atoms with Gasteiger partial charge in [0.05, 0.1) is 29.7 Å². The summed E-state index contributed by atoms with van der Waals surface area (Å²) in [5.41, 5.74) is 0.955. The van der Waals surface area contributed by atoms with E-state index in [9.17, 15) is 19.8 Å². The van der Waals surface area contributed by atoms with E-state index in [1.54, 1.807) is 6.92 Å². The van der Waals surface area contributed by atoms with Crippen LogP contribution < -0.4 is 56.5 Å². The van der Waals surface area contributed by atoms with Crippen molar-refractivity contribution in [3.05, 3.63) is 11.3 Å². The van der Waals surface area contributed by atoms with E-state index in [2.05, 4.69) is 0 Å². The number of rotatable bonds is 2. The Morgan fingerprint density at radius 2 is 2.10 bits per heavy atom. The molecule has 0 radical (unpaired) electrons. The number of hydrogen-bond acceptors (Lipinski definition) is 4. The number of carboxylic acids is 1. The molecule has 5 nitrogen and oxygen atoms in total. The first-order valence-corrected chi connectivity index (χ1v) is 6.91. The first-order valence-electron chi connectivity index (χ1n) is 6.91. The minimum absolute atomic E-state index is 0. The Labute approximate surface area is 160 Å². The Morgan fingerprint density at radius 1 is 1.45 bits per heavy atom. The third kappa shape index (κ3) is 2.16. The van der Waals surface area contributed by atoms with Crippen molar-refractivity contribution in [1.29, 1.82) is 0 Å². The Kier molecular flexibility index (Phi) is 4.84. The molecule has 104 valence electrons. The third-order valence-corrected chi connectivity index (χ3v) is 4.91. The summed E-state index contributed by atoms with van der Waals surface area (Å²) in [6.07, 6.45) is 2.17. The SMILES string of the molecule is CC1CCCC2C1=C(C(=O)[O-])N1C(=O)C(C(C)O)C21.[K+]. The van der Waals surface area contributed by atoms with Crippen molar-refractivity contribution < 1.29 is 71.2 Å². The quantitative estimate of drug-likeness (QED) is 0.427. The normalized spacial score (nSPS) is 36.8. The average Bonchev–Trinajstić information content (AvgIpc) is 2.61.